The fourth-order valence-corrected chi connectivity index (χ4v) is 3.83. The molecule has 0 saturated carbocycles. The van der Waals surface area contributed by atoms with Crippen LogP contribution in [0, 0.1) is 12.3 Å². The standard InChI is InChI=1S/C15H18NO5P/c1-10-13(11-6-4-5-7-12(11)16-14(10)17)21-22(18)19-8-15(2,3)9-20-22/h4-7H,8-9H2,1-3H3,(H,16,17). The Balaban J connectivity index is 2.00. The second-order valence-electron chi connectivity index (χ2n) is 6.20. The molecule has 0 unspecified atom stereocenters. The normalized spacial score (nSPS) is 20.0. The van der Waals surface area contributed by atoms with E-state index in [0.717, 1.165) is 0 Å². The molecule has 0 atom stereocenters. The predicted molar refractivity (Wildman–Crippen MR) is 82.5 cm³/mol. The Morgan fingerprint density at radius 2 is 1.91 bits per heavy atom. The molecule has 1 saturated heterocycles. The quantitative estimate of drug-likeness (QED) is 0.858. The van der Waals surface area contributed by atoms with E-state index in [9.17, 15) is 9.69 Å². The van der Waals surface area contributed by atoms with Gasteiger partial charge in [-0.1, -0.05) is 26.0 Å². The number of rotatable bonds is 2. The van der Waals surface area contributed by atoms with E-state index in [4.69, 9.17) is 13.6 Å². The largest absolute Gasteiger partial charge is 0.598 e. The molecular weight excluding hydrogens is 305 g/mol. The Morgan fingerprint density at radius 1 is 1.27 bits per heavy atom. The van der Waals surface area contributed by atoms with Crippen molar-refractivity contribution in [2.24, 2.45) is 5.41 Å². The lowest BCUT2D eigenvalue weighted by molar-refractivity contribution is -0.253. The van der Waals surface area contributed by atoms with Crippen molar-refractivity contribution in [3.05, 3.63) is 40.2 Å². The van der Waals surface area contributed by atoms with Crippen molar-refractivity contribution in [2.45, 2.75) is 20.8 Å². The van der Waals surface area contributed by atoms with Crippen molar-refractivity contribution in [3.63, 3.8) is 0 Å². The van der Waals surface area contributed by atoms with Crippen molar-refractivity contribution >= 4 is 19.1 Å². The first-order valence-corrected chi connectivity index (χ1v) is 8.46. The summed E-state index contributed by atoms with van der Waals surface area (Å²) in [7, 11) is -3.72. The molecule has 3 rings (SSSR count). The van der Waals surface area contributed by atoms with Gasteiger partial charge in [-0.15, -0.1) is 0 Å². The smallest absolute Gasteiger partial charge is 0.429 e. The van der Waals surface area contributed by atoms with E-state index in [-0.39, 0.29) is 29.9 Å². The first-order valence-electron chi connectivity index (χ1n) is 7.00. The van der Waals surface area contributed by atoms with Gasteiger partial charge in [0.15, 0.2) is 5.75 Å². The molecule has 1 fully saturated rings. The van der Waals surface area contributed by atoms with Crippen LogP contribution in [0.2, 0.25) is 0 Å². The van der Waals surface area contributed by atoms with Gasteiger partial charge in [0.25, 0.3) is 5.56 Å². The van der Waals surface area contributed by atoms with Gasteiger partial charge in [-0.3, -0.25) is 9.32 Å². The molecule has 1 aromatic carbocycles. The summed E-state index contributed by atoms with van der Waals surface area (Å²) >= 11 is 0. The average molecular weight is 323 g/mol. The van der Waals surface area contributed by atoms with Crippen LogP contribution in [0.3, 0.4) is 0 Å². The molecule has 0 spiro atoms. The van der Waals surface area contributed by atoms with Crippen molar-refractivity contribution in [2.75, 3.05) is 13.2 Å². The van der Waals surface area contributed by atoms with Crippen LogP contribution in [-0.4, -0.2) is 18.2 Å². The maximum atomic E-state index is 12.6. The second kappa shape index (κ2) is 5.32. The van der Waals surface area contributed by atoms with Gasteiger partial charge in [0.2, 0.25) is 0 Å². The summed E-state index contributed by atoms with van der Waals surface area (Å²) in [5, 5.41) is 0.659. The first-order chi connectivity index (χ1) is 10.3. The summed E-state index contributed by atoms with van der Waals surface area (Å²) in [6.45, 7) is 6.05. The number of para-hydroxylation sites is 1. The number of fused-ring (bicyclic) bond motifs is 1. The maximum absolute atomic E-state index is 12.6. The van der Waals surface area contributed by atoms with Gasteiger partial charge in [0.05, 0.1) is 11.1 Å². The zero-order chi connectivity index (χ0) is 16.0. The summed E-state index contributed by atoms with van der Waals surface area (Å²) in [4.78, 5) is 27.4. The van der Waals surface area contributed by atoms with Gasteiger partial charge in [-0.25, -0.2) is 0 Å². The molecule has 1 N–H and O–H groups in total. The molecule has 1 aliphatic heterocycles. The van der Waals surface area contributed by atoms with Gasteiger partial charge in [-0.05, 0) is 19.1 Å². The number of hydrogen-bond acceptors (Lipinski definition) is 5. The molecule has 7 heteroatoms. The third kappa shape index (κ3) is 2.88. The average Bonchev–Trinajstić information content (AvgIpc) is 2.48. The van der Waals surface area contributed by atoms with E-state index >= 15 is 0 Å². The number of phosphoric acid groups is 1. The highest BCUT2D eigenvalue weighted by Crippen LogP contribution is 2.58. The minimum Gasteiger partial charge on any atom is -0.598 e. The van der Waals surface area contributed by atoms with Gasteiger partial charge in [0, 0.05) is 10.8 Å². The van der Waals surface area contributed by atoms with E-state index in [1.807, 2.05) is 19.9 Å². The van der Waals surface area contributed by atoms with E-state index in [0.29, 0.717) is 16.5 Å². The number of aromatic nitrogens is 1. The molecular formula is C15H18NO5P. The third-order valence-electron chi connectivity index (χ3n) is 3.53. The molecule has 0 bridgehead atoms. The Kier molecular flexibility index (Phi) is 3.73. The van der Waals surface area contributed by atoms with Crippen LogP contribution in [-0.2, 0) is 9.05 Å². The second-order valence-corrected chi connectivity index (χ2v) is 7.80. The fourth-order valence-electron chi connectivity index (χ4n) is 2.18. The topological polar surface area (TPSA) is 83.6 Å². The van der Waals surface area contributed by atoms with Crippen LogP contribution in [0.15, 0.2) is 29.1 Å². The molecule has 1 aliphatic rings. The molecule has 118 valence electrons. The number of benzene rings is 1. The van der Waals surface area contributed by atoms with E-state index < -0.39 is 8.17 Å². The summed E-state index contributed by atoms with van der Waals surface area (Å²) in [5.74, 6) is 0.238. The molecule has 2 aromatic rings. The third-order valence-corrected chi connectivity index (χ3v) is 4.83. The predicted octanol–water partition coefficient (Wildman–Crippen LogP) is 2.33. The van der Waals surface area contributed by atoms with E-state index in [1.54, 1.807) is 25.1 Å². The molecule has 0 radical (unpaired) electrons. The van der Waals surface area contributed by atoms with Crippen LogP contribution in [0.25, 0.3) is 10.9 Å². The van der Waals surface area contributed by atoms with Crippen LogP contribution >= 0.6 is 8.17 Å². The van der Waals surface area contributed by atoms with Crippen molar-refractivity contribution in [1.82, 2.24) is 4.98 Å². The highest BCUT2D eigenvalue weighted by molar-refractivity contribution is 7.54. The Bertz CT molecular complexity index is 760. The van der Waals surface area contributed by atoms with Crippen LogP contribution in [0.1, 0.15) is 19.4 Å². The van der Waals surface area contributed by atoms with Crippen molar-refractivity contribution in [3.8, 4) is 5.75 Å². The van der Waals surface area contributed by atoms with Crippen molar-refractivity contribution < 1.29 is 18.5 Å². The van der Waals surface area contributed by atoms with Crippen molar-refractivity contribution in [1.29, 1.82) is 0 Å². The van der Waals surface area contributed by atoms with Gasteiger partial charge in [-0.2, -0.15) is 9.05 Å². The summed E-state index contributed by atoms with van der Waals surface area (Å²) in [5.41, 5.74) is 0.434. The zero-order valence-electron chi connectivity index (χ0n) is 12.7. The van der Waals surface area contributed by atoms with E-state index in [2.05, 4.69) is 4.98 Å². The Labute approximate surface area is 128 Å². The summed E-state index contributed by atoms with van der Waals surface area (Å²) in [6, 6.07) is 7.16. The lowest BCUT2D eigenvalue weighted by atomic mass is 9.97. The minimum atomic E-state index is -3.72. The first kappa shape index (κ1) is 15.4. The van der Waals surface area contributed by atoms with Crippen LogP contribution < -0.4 is 15.0 Å². The summed E-state index contributed by atoms with van der Waals surface area (Å²) < 4.78 is 16.2. The molecule has 22 heavy (non-hydrogen) atoms. The molecule has 6 nitrogen and oxygen atoms in total. The fraction of sp³-hybridized carbons (Fsp3) is 0.400. The van der Waals surface area contributed by atoms with Gasteiger partial charge >= 0.3 is 8.17 Å². The molecule has 0 aliphatic carbocycles. The number of H-pyrrole nitrogens is 1. The number of hydrogen-bond donors (Lipinski definition) is 1. The zero-order valence-corrected chi connectivity index (χ0v) is 13.6. The molecule has 2 heterocycles. The number of phosphoric ester groups is 1. The maximum Gasteiger partial charge on any atom is 0.429 e. The lowest BCUT2D eigenvalue weighted by Crippen LogP contribution is -2.37. The highest BCUT2D eigenvalue weighted by atomic mass is 31.2. The Morgan fingerprint density at radius 3 is 2.59 bits per heavy atom. The van der Waals surface area contributed by atoms with Crippen LogP contribution in [0.5, 0.6) is 5.75 Å². The minimum absolute atomic E-state index is 0.220. The van der Waals surface area contributed by atoms with Gasteiger partial charge in [0.1, 0.15) is 13.2 Å². The SMILES string of the molecule is Cc1c(O[P+]2([O-])OCC(C)(C)CO2)c2ccccc2[nH]c1=O. The van der Waals surface area contributed by atoms with E-state index in [1.165, 1.54) is 0 Å². The van der Waals surface area contributed by atoms with Crippen LogP contribution in [0.4, 0.5) is 0 Å². The highest BCUT2D eigenvalue weighted by Gasteiger charge is 2.45. The monoisotopic (exact) mass is 323 g/mol. The summed E-state index contributed by atoms with van der Waals surface area (Å²) in [6.07, 6.45) is 0. The van der Waals surface area contributed by atoms with Gasteiger partial charge < -0.3 is 9.88 Å². The number of aromatic amines is 1. The molecule has 0 amide bonds. The molecule has 1 aromatic heterocycles. The number of pyridine rings is 1. The Hall–Kier alpha value is -1.46. The lowest BCUT2D eigenvalue weighted by Gasteiger charge is -2.35. The number of nitrogens with one attached hydrogen (secondary N) is 1.